The smallest absolute Gasteiger partial charge is 0.296 e. The van der Waals surface area contributed by atoms with Crippen LogP contribution in [0.25, 0.3) is 11.1 Å². The van der Waals surface area contributed by atoms with E-state index in [2.05, 4.69) is 59.3 Å². The Morgan fingerprint density at radius 3 is 2.51 bits per heavy atom. The van der Waals surface area contributed by atoms with E-state index in [0.717, 1.165) is 22.6 Å². The Labute approximate surface area is 250 Å². The van der Waals surface area contributed by atoms with Crippen LogP contribution < -0.4 is 14.8 Å². The molecule has 3 aromatic heterocycles. The van der Waals surface area contributed by atoms with E-state index >= 15 is 0 Å². The van der Waals surface area contributed by atoms with Crippen LogP contribution in [0.1, 0.15) is 48.6 Å². The highest BCUT2D eigenvalue weighted by Gasteiger charge is 2.38. The monoisotopic (exact) mass is 611 g/mol. The molecule has 0 aliphatic rings. The van der Waals surface area contributed by atoms with Gasteiger partial charge in [-0.3, -0.25) is 20.1 Å². The predicted octanol–water partition coefficient (Wildman–Crippen LogP) is 7.36. The Morgan fingerprint density at radius 2 is 1.83 bits per heavy atom. The van der Waals surface area contributed by atoms with Crippen LogP contribution in [0.15, 0.2) is 54.9 Å². The fourth-order valence-corrected chi connectivity index (χ4v) is 5.43. The second-order valence-electron chi connectivity index (χ2n) is 11.0. The number of nitrogens with one attached hydrogen (secondary N) is 1. The summed E-state index contributed by atoms with van der Waals surface area (Å²) in [7, 11) is -0.469. The van der Waals surface area contributed by atoms with E-state index in [1.807, 2.05) is 37.3 Å². The summed E-state index contributed by atoms with van der Waals surface area (Å²) >= 11 is 7.18. The van der Waals surface area contributed by atoms with Crippen molar-refractivity contribution in [1.29, 1.82) is 0 Å². The molecule has 1 N–H and O–H groups in total. The van der Waals surface area contributed by atoms with Crippen LogP contribution in [-0.4, -0.2) is 48.1 Å². The van der Waals surface area contributed by atoms with Crippen molar-refractivity contribution in [2.45, 2.75) is 51.9 Å². The van der Waals surface area contributed by atoms with Crippen molar-refractivity contribution in [2.24, 2.45) is 0 Å². The topological polar surface area (TPSA) is 108 Å². The number of hydrogen-bond acceptors (Lipinski definition) is 9. The van der Waals surface area contributed by atoms with Gasteiger partial charge in [0.2, 0.25) is 5.13 Å². The summed E-state index contributed by atoms with van der Waals surface area (Å²) in [5, 5.41) is 12.2. The van der Waals surface area contributed by atoms with E-state index in [4.69, 9.17) is 25.5 Å². The van der Waals surface area contributed by atoms with Crippen LogP contribution in [0.2, 0.25) is 23.2 Å². The Balaban J connectivity index is 1.54. The largest absolute Gasteiger partial charge is 0.496 e. The summed E-state index contributed by atoms with van der Waals surface area (Å²) in [5.74, 6) is 0.277. The molecule has 41 heavy (non-hydrogen) atoms. The highest BCUT2D eigenvalue weighted by molar-refractivity contribution is 7.17. The number of para-hydroxylation sites is 1. The number of pyridine rings is 2. The van der Waals surface area contributed by atoms with E-state index in [9.17, 15) is 4.79 Å². The molecule has 1 unspecified atom stereocenters. The minimum atomic E-state index is -2.07. The molecular weight excluding hydrogens is 578 g/mol. The predicted molar refractivity (Wildman–Crippen MR) is 165 cm³/mol. The first-order valence-electron chi connectivity index (χ1n) is 13.0. The molecule has 3 heterocycles. The molecule has 4 rings (SSSR count). The average molecular weight is 612 g/mol. The third-order valence-electron chi connectivity index (χ3n) is 7.03. The number of aromatic nitrogens is 4. The molecule has 216 valence electrons. The minimum absolute atomic E-state index is 0.0264. The van der Waals surface area contributed by atoms with Crippen LogP contribution in [-0.2, 0) is 4.43 Å². The van der Waals surface area contributed by atoms with Gasteiger partial charge in [-0.1, -0.05) is 55.7 Å². The van der Waals surface area contributed by atoms with Crippen molar-refractivity contribution in [3.8, 4) is 22.1 Å². The van der Waals surface area contributed by atoms with Gasteiger partial charge in [-0.2, -0.15) is 0 Å². The van der Waals surface area contributed by atoms with Gasteiger partial charge in [0.1, 0.15) is 5.75 Å². The third kappa shape index (κ3) is 7.47. The number of methoxy groups -OCH3 is 1. The molecular formula is C29H34ClN5O4SSi. The van der Waals surface area contributed by atoms with Crippen molar-refractivity contribution in [3.05, 3.63) is 76.8 Å². The van der Waals surface area contributed by atoms with E-state index in [0.29, 0.717) is 27.6 Å². The first-order valence-corrected chi connectivity index (χ1v) is 17.1. The average Bonchev–Trinajstić information content (AvgIpc) is 3.37. The summed E-state index contributed by atoms with van der Waals surface area (Å²) in [6.45, 7) is 13.0. The lowest BCUT2D eigenvalue weighted by Crippen LogP contribution is -2.42. The molecule has 1 atom stereocenters. The maximum atomic E-state index is 13.4. The molecule has 0 bridgehead atoms. The number of aryl methyl sites for hydroxylation is 1. The van der Waals surface area contributed by atoms with E-state index in [-0.39, 0.29) is 27.9 Å². The van der Waals surface area contributed by atoms with Crippen LogP contribution >= 0.6 is 22.9 Å². The second-order valence-corrected chi connectivity index (χ2v) is 17.2. The van der Waals surface area contributed by atoms with Crippen LogP contribution in [0, 0.1) is 6.92 Å². The van der Waals surface area contributed by atoms with E-state index < -0.39 is 14.4 Å². The number of carbonyl (C=O) groups excluding carboxylic acids is 1. The molecule has 9 nitrogen and oxygen atoms in total. The van der Waals surface area contributed by atoms with Gasteiger partial charge < -0.3 is 13.9 Å². The summed E-state index contributed by atoms with van der Waals surface area (Å²) in [5.41, 5.74) is 3.29. The van der Waals surface area contributed by atoms with Gasteiger partial charge in [-0.15, -0.1) is 5.10 Å². The van der Waals surface area contributed by atoms with Crippen molar-refractivity contribution < 1.29 is 18.7 Å². The Morgan fingerprint density at radius 1 is 1.07 bits per heavy atom. The van der Waals surface area contributed by atoms with Gasteiger partial charge in [0.05, 0.1) is 30.0 Å². The zero-order chi connectivity index (χ0) is 29.8. The molecule has 0 saturated carbocycles. The normalized spacial score (nSPS) is 12.6. The zero-order valence-electron chi connectivity index (χ0n) is 24.2. The van der Waals surface area contributed by atoms with Crippen molar-refractivity contribution in [3.63, 3.8) is 0 Å². The third-order valence-corrected chi connectivity index (χ3v) is 12.5. The molecule has 0 spiro atoms. The molecule has 0 radical (unpaired) electrons. The van der Waals surface area contributed by atoms with Crippen LogP contribution in [0.4, 0.5) is 5.13 Å². The van der Waals surface area contributed by atoms with Gasteiger partial charge in [0, 0.05) is 29.2 Å². The zero-order valence-corrected chi connectivity index (χ0v) is 26.8. The highest BCUT2D eigenvalue weighted by Crippen LogP contribution is 2.38. The van der Waals surface area contributed by atoms with Gasteiger partial charge >= 0.3 is 0 Å². The molecule has 0 aliphatic carbocycles. The Kier molecular flexibility index (Phi) is 9.43. The number of amides is 1. The number of benzene rings is 1. The maximum Gasteiger partial charge on any atom is 0.296 e. The number of hydrogen-bond donors (Lipinski definition) is 1. The Bertz CT molecular complexity index is 1510. The van der Waals surface area contributed by atoms with E-state index in [1.165, 1.54) is 0 Å². The lowest BCUT2D eigenvalue weighted by molar-refractivity contribution is 0.102. The summed E-state index contributed by atoms with van der Waals surface area (Å²) in [6.07, 6.45) is 2.57. The van der Waals surface area contributed by atoms with E-state index in [1.54, 1.807) is 31.6 Å². The lowest BCUT2D eigenvalue weighted by Gasteiger charge is -2.37. The van der Waals surface area contributed by atoms with Crippen molar-refractivity contribution in [2.75, 3.05) is 19.0 Å². The van der Waals surface area contributed by atoms with Gasteiger partial charge in [0.15, 0.2) is 14.4 Å². The molecule has 0 aliphatic heterocycles. The van der Waals surface area contributed by atoms with Crippen molar-refractivity contribution >= 4 is 42.3 Å². The molecule has 1 aromatic carbocycles. The first kappa shape index (κ1) is 30.6. The molecule has 4 aromatic rings. The van der Waals surface area contributed by atoms with Crippen LogP contribution in [0.5, 0.6) is 10.9 Å². The molecule has 0 saturated heterocycles. The maximum absolute atomic E-state index is 13.4. The fraction of sp³-hybridized carbons (Fsp3) is 0.345. The minimum Gasteiger partial charge on any atom is -0.496 e. The fourth-order valence-electron chi connectivity index (χ4n) is 3.68. The molecule has 1 amide bonds. The quantitative estimate of drug-likeness (QED) is 0.185. The van der Waals surface area contributed by atoms with Gasteiger partial charge in [-0.25, -0.2) is 0 Å². The van der Waals surface area contributed by atoms with Crippen LogP contribution in [0.3, 0.4) is 0 Å². The summed E-state index contributed by atoms with van der Waals surface area (Å²) in [6, 6.07) is 12.9. The molecule has 12 heteroatoms. The standard InChI is InChI=1S/C29H34ClN5O4SSi/c1-18-14-21(20-10-8-9-11-24(20)37-5)22(16-31-18)26(36)33-27-34-35-28(40-27)39-25(23-13-12-19(30)15-32-23)17-38-41(6,7)29(2,3)4/h8-16,25H,17H2,1-7H3,(H,33,34,36). The van der Waals surface area contributed by atoms with Crippen molar-refractivity contribution in [1.82, 2.24) is 20.2 Å². The number of nitrogens with zero attached hydrogens (tertiary/aromatic N) is 4. The first-order chi connectivity index (χ1) is 19.4. The second kappa shape index (κ2) is 12.6. The number of carbonyl (C=O) groups is 1. The lowest BCUT2D eigenvalue weighted by atomic mass is 9.99. The van der Waals surface area contributed by atoms with Gasteiger partial charge in [0.25, 0.3) is 11.1 Å². The van der Waals surface area contributed by atoms with Gasteiger partial charge in [-0.05, 0) is 60.7 Å². The number of halogens is 1. The summed E-state index contributed by atoms with van der Waals surface area (Å²) in [4.78, 5) is 22.2. The number of rotatable bonds is 10. The highest BCUT2D eigenvalue weighted by atomic mass is 35.5. The Hall–Kier alpha value is -3.38. The SMILES string of the molecule is COc1ccccc1-c1cc(C)ncc1C(=O)Nc1nnc(OC(CO[Si](C)(C)C(C)(C)C)c2ccc(Cl)cn2)s1. The number of anilines is 1. The number of ether oxygens (including phenoxy) is 2. The summed E-state index contributed by atoms with van der Waals surface area (Å²) < 4.78 is 18.2. The molecule has 0 fully saturated rings.